The molecular formula is C51H57BN2O. The molecule has 3 heterocycles. The summed E-state index contributed by atoms with van der Waals surface area (Å²) in [6.07, 6.45) is 2.38. The summed E-state index contributed by atoms with van der Waals surface area (Å²) in [5, 5.41) is 1.16. The summed E-state index contributed by atoms with van der Waals surface area (Å²) in [4.78, 5) is 5.10. The van der Waals surface area contributed by atoms with Gasteiger partial charge in [0, 0.05) is 33.8 Å². The summed E-state index contributed by atoms with van der Waals surface area (Å²) < 4.78 is 7.31. The molecule has 2 aliphatic heterocycles. The van der Waals surface area contributed by atoms with Crippen molar-refractivity contribution < 1.29 is 4.42 Å². The number of aryl methyl sites for hydroxylation is 3. The smallest absolute Gasteiger partial charge is 0.297 e. The molecule has 0 fully saturated rings. The van der Waals surface area contributed by atoms with Gasteiger partial charge in [0.25, 0.3) is 6.71 Å². The summed E-state index contributed by atoms with van der Waals surface area (Å²) in [6, 6.07) is 33.3. The van der Waals surface area contributed by atoms with Crippen molar-refractivity contribution in [3.05, 3.63) is 124 Å². The number of furan rings is 1. The molecule has 0 saturated carbocycles. The van der Waals surface area contributed by atoms with E-state index < -0.39 is 0 Å². The SMILES string of the molecule is Cc1cc(C)cc(N2c3cc(C)cc4c3B(c3cc(C(C)(C)C)ccc3N4c3ccc4c(c3)C(C)(C)CCC4(C)C)c3oc4cc(C(C)(C)C)ccc4c32)c1. The van der Waals surface area contributed by atoms with Gasteiger partial charge in [-0.05, 0) is 160 Å². The lowest BCUT2D eigenvalue weighted by molar-refractivity contribution is 0.332. The predicted molar refractivity (Wildman–Crippen MR) is 237 cm³/mol. The van der Waals surface area contributed by atoms with Crippen molar-refractivity contribution in [2.24, 2.45) is 0 Å². The minimum Gasteiger partial charge on any atom is -0.468 e. The Balaban J connectivity index is 1.40. The van der Waals surface area contributed by atoms with Crippen molar-refractivity contribution >= 4 is 68.4 Å². The van der Waals surface area contributed by atoms with Crippen LogP contribution in [0.1, 0.15) is 121 Å². The van der Waals surface area contributed by atoms with Gasteiger partial charge < -0.3 is 14.2 Å². The van der Waals surface area contributed by atoms with Crippen LogP contribution in [0.5, 0.6) is 0 Å². The lowest BCUT2D eigenvalue weighted by atomic mass is 9.35. The van der Waals surface area contributed by atoms with Gasteiger partial charge in [0.2, 0.25) is 0 Å². The quantitative estimate of drug-likeness (QED) is 0.166. The van der Waals surface area contributed by atoms with Gasteiger partial charge in [-0.15, -0.1) is 0 Å². The third kappa shape index (κ3) is 5.53. The first-order valence-corrected chi connectivity index (χ1v) is 20.4. The molecule has 0 radical (unpaired) electrons. The molecule has 9 rings (SSSR count). The number of anilines is 6. The highest BCUT2D eigenvalue weighted by Crippen LogP contribution is 2.51. The number of nitrogens with zero attached hydrogens (tertiary/aromatic N) is 2. The van der Waals surface area contributed by atoms with Crippen LogP contribution in [0, 0.1) is 20.8 Å². The van der Waals surface area contributed by atoms with Gasteiger partial charge in [-0.25, -0.2) is 0 Å². The van der Waals surface area contributed by atoms with Crippen molar-refractivity contribution in [2.45, 2.75) is 125 Å². The van der Waals surface area contributed by atoms with Crippen LogP contribution in [0.15, 0.2) is 89.3 Å². The highest BCUT2D eigenvalue weighted by Gasteiger charge is 2.48. The van der Waals surface area contributed by atoms with Crippen LogP contribution in [-0.4, -0.2) is 6.71 Å². The molecule has 1 aromatic heterocycles. The van der Waals surface area contributed by atoms with E-state index in [1.807, 2.05) is 0 Å². The Morgan fingerprint density at radius 2 is 1.15 bits per heavy atom. The maximum absolute atomic E-state index is 7.31. The molecule has 6 aromatic rings. The van der Waals surface area contributed by atoms with Gasteiger partial charge >= 0.3 is 0 Å². The first-order chi connectivity index (χ1) is 25.7. The lowest BCUT2D eigenvalue weighted by Gasteiger charge is -2.45. The second-order valence-electron chi connectivity index (χ2n) is 20.5. The minimum absolute atomic E-state index is 0.000275. The molecule has 0 amide bonds. The van der Waals surface area contributed by atoms with Crippen LogP contribution >= 0.6 is 0 Å². The molecule has 4 heteroatoms. The van der Waals surface area contributed by atoms with Gasteiger partial charge in [-0.3, -0.25) is 0 Å². The maximum Gasteiger partial charge on any atom is 0.297 e. The van der Waals surface area contributed by atoms with E-state index in [1.165, 1.54) is 91.1 Å². The zero-order chi connectivity index (χ0) is 39.1. The Kier molecular flexibility index (Phi) is 7.63. The lowest BCUT2D eigenvalue weighted by Crippen LogP contribution is -2.61. The topological polar surface area (TPSA) is 19.6 Å². The minimum atomic E-state index is -0.0743. The van der Waals surface area contributed by atoms with Gasteiger partial charge in [0.05, 0.1) is 11.3 Å². The summed E-state index contributed by atoms with van der Waals surface area (Å²) in [6.45, 7) is 30.2. The molecule has 3 nitrogen and oxygen atoms in total. The summed E-state index contributed by atoms with van der Waals surface area (Å²) >= 11 is 0. The van der Waals surface area contributed by atoms with Crippen molar-refractivity contribution in [1.29, 1.82) is 0 Å². The average Bonchev–Trinajstić information content (AvgIpc) is 3.47. The third-order valence-corrected chi connectivity index (χ3v) is 13.1. The normalized spacial score (nSPS) is 16.9. The maximum atomic E-state index is 7.31. The molecule has 0 atom stereocenters. The van der Waals surface area contributed by atoms with E-state index in [9.17, 15) is 0 Å². The number of rotatable bonds is 2. The van der Waals surface area contributed by atoms with Crippen molar-refractivity contribution in [3.63, 3.8) is 0 Å². The number of hydrogen-bond donors (Lipinski definition) is 0. The van der Waals surface area contributed by atoms with E-state index in [-0.39, 0.29) is 28.4 Å². The fraction of sp³-hybridized carbons (Fsp3) is 0.373. The molecular weight excluding hydrogens is 667 g/mol. The predicted octanol–water partition coefficient (Wildman–Crippen LogP) is 12.4. The highest BCUT2D eigenvalue weighted by atomic mass is 16.3. The Labute approximate surface area is 329 Å². The molecule has 0 saturated heterocycles. The van der Waals surface area contributed by atoms with Gasteiger partial charge in [0.15, 0.2) is 0 Å². The van der Waals surface area contributed by atoms with Crippen LogP contribution in [0.3, 0.4) is 0 Å². The van der Waals surface area contributed by atoms with Crippen LogP contribution in [0.4, 0.5) is 34.1 Å². The Bertz CT molecular complexity index is 2550. The molecule has 280 valence electrons. The summed E-state index contributed by atoms with van der Waals surface area (Å²) in [7, 11) is 0. The largest absolute Gasteiger partial charge is 0.468 e. The Hall–Kier alpha value is -4.70. The van der Waals surface area contributed by atoms with E-state index in [0.717, 1.165) is 22.3 Å². The molecule has 0 N–H and O–H groups in total. The highest BCUT2D eigenvalue weighted by molar-refractivity contribution is 7.00. The van der Waals surface area contributed by atoms with E-state index >= 15 is 0 Å². The molecule has 1 aliphatic carbocycles. The first-order valence-electron chi connectivity index (χ1n) is 20.4. The zero-order valence-corrected chi connectivity index (χ0v) is 35.4. The van der Waals surface area contributed by atoms with Gasteiger partial charge in [0.1, 0.15) is 5.58 Å². The fourth-order valence-electron chi connectivity index (χ4n) is 9.90. The fourth-order valence-corrected chi connectivity index (χ4v) is 9.90. The van der Waals surface area contributed by atoms with Crippen LogP contribution < -0.4 is 26.4 Å². The van der Waals surface area contributed by atoms with Crippen molar-refractivity contribution in [2.75, 3.05) is 9.80 Å². The summed E-state index contributed by atoms with van der Waals surface area (Å²) in [5.74, 6) is 0. The summed E-state index contributed by atoms with van der Waals surface area (Å²) in [5.41, 5.74) is 21.4. The van der Waals surface area contributed by atoms with E-state index in [4.69, 9.17) is 4.42 Å². The molecule has 3 aliphatic rings. The molecule has 0 spiro atoms. The molecule has 55 heavy (non-hydrogen) atoms. The van der Waals surface area contributed by atoms with Crippen molar-refractivity contribution in [1.82, 2.24) is 0 Å². The monoisotopic (exact) mass is 724 g/mol. The van der Waals surface area contributed by atoms with Crippen molar-refractivity contribution in [3.8, 4) is 0 Å². The van der Waals surface area contributed by atoms with E-state index in [1.54, 1.807) is 0 Å². The molecule has 0 unspecified atom stereocenters. The van der Waals surface area contributed by atoms with Gasteiger partial charge in [-0.1, -0.05) is 99.6 Å². The average molecular weight is 725 g/mol. The standard InChI is InChI=1S/C51H57BN2O/c1-30-22-31(2)24-36(23-30)54-43-26-32(3)25-42-45(43)52(47-46(54)37-17-14-34(49(7,8)9)28-44(37)55-47)40-27-33(48(4,5)6)15-19-41(40)53(42)35-16-18-38-39(29-35)51(12,13)21-20-50(38,10)11/h14-19,22-29H,20-21H2,1-13H3. The van der Waals surface area contributed by atoms with Crippen LogP contribution in [0.25, 0.3) is 11.0 Å². The molecule has 0 bridgehead atoms. The number of hydrogen-bond acceptors (Lipinski definition) is 3. The number of benzene rings is 5. The van der Waals surface area contributed by atoms with Crippen LogP contribution in [0.2, 0.25) is 0 Å². The van der Waals surface area contributed by atoms with Gasteiger partial charge in [-0.2, -0.15) is 0 Å². The first kappa shape index (κ1) is 36.0. The zero-order valence-electron chi connectivity index (χ0n) is 35.4. The second-order valence-corrected chi connectivity index (χ2v) is 20.5. The Morgan fingerprint density at radius 3 is 1.80 bits per heavy atom. The number of fused-ring (bicyclic) bond motifs is 7. The third-order valence-electron chi connectivity index (χ3n) is 13.1. The Morgan fingerprint density at radius 1 is 0.564 bits per heavy atom. The van der Waals surface area contributed by atoms with Crippen LogP contribution in [-0.2, 0) is 21.7 Å². The van der Waals surface area contributed by atoms with E-state index in [0.29, 0.717) is 0 Å². The molecule has 5 aromatic carbocycles. The second kappa shape index (κ2) is 11.7. The van der Waals surface area contributed by atoms with E-state index in [2.05, 4.69) is 185 Å².